The lowest BCUT2D eigenvalue weighted by atomic mass is 10.1. The molecule has 1 atom stereocenters. The molecular weight excluding hydrogens is 426 g/mol. The zero-order chi connectivity index (χ0) is 22.8. The van der Waals surface area contributed by atoms with E-state index in [0.29, 0.717) is 49.8 Å². The number of benzene rings is 2. The van der Waals surface area contributed by atoms with Gasteiger partial charge in [-0.2, -0.15) is 0 Å². The predicted molar refractivity (Wildman–Crippen MR) is 108 cm³/mol. The van der Waals surface area contributed by atoms with Crippen molar-refractivity contribution in [3.63, 3.8) is 0 Å². The van der Waals surface area contributed by atoms with Crippen molar-refractivity contribution in [3.8, 4) is 0 Å². The summed E-state index contributed by atoms with van der Waals surface area (Å²) < 4.78 is 56.1. The van der Waals surface area contributed by atoms with Gasteiger partial charge in [0.15, 0.2) is 5.82 Å². The van der Waals surface area contributed by atoms with E-state index in [1.807, 2.05) is 4.57 Å². The van der Waals surface area contributed by atoms with Gasteiger partial charge in [0.1, 0.15) is 29.1 Å². The quantitative estimate of drug-likeness (QED) is 0.610. The number of carbonyl (C=O) groups is 1. The molecule has 2 aromatic carbocycles. The third kappa shape index (κ3) is 4.80. The summed E-state index contributed by atoms with van der Waals surface area (Å²) in [5, 5.41) is 11.0. The molecule has 1 aliphatic heterocycles. The summed E-state index contributed by atoms with van der Waals surface area (Å²) >= 11 is 0. The molecule has 0 radical (unpaired) electrons. The Morgan fingerprint density at radius 3 is 2.50 bits per heavy atom. The molecule has 0 saturated carbocycles. The fraction of sp³-hybridized carbons (Fsp3) is 0.318. The molecule has 0 fully saturated rings. The molecular formula is C22H21F4N5O. The van der Waals surface area contributed by atoms with E-state index in [4.69, 9.17) is 0 Å². The number of halogens is 4. The van der Waals surface area contributed by atoms with Gasteiger partial charge in [-0.15, -0.1) is 10.2 Å². The lowest BCUT2D eigenvalue weighted by Gasteiger charge is -2.20. The van der Waals surface area contributed by atoms with Crippen molar-refractivity contribution < 1.29 is 22.4 Å². The maximum absolute atomic E-state index is 13.9. The van der Waals surface area contributed by atoms with Gasteiger partial charge in [0.25, 0.3) is 5.91 Å². The zero-order valence-electron chi connectivity index (χ0n) is 17.3. The smallest absolute Gasteiger partial charge is 0.254 e. The topological polar surface area (TPSA) is 63.1 Å². The second kappa shape index (κ2) is 9.07. The molecule has 1 amide bonds. The first kappa shape index (κ1) is 21.9. The minimum Gasteiger partial charge on any atom is -0.342 e. The summed E-state index contributed by atoms with van der Waals surface area (Å²) in [5.74, 6) is -2.31. The lowest BCUT2D eigenvalue weighted by molar-refractivity contribution is 0.0932. The Hall–Kier alpha value is -3.27. The largest absolute Gasteiger partial charge is 0.342 e. The minimum atomic E-state index is -0.819. The second-order valence-corrected chi connectivity index (χ2v) is 7.75. The van der Waals surface area contributed by atoms with E-state index >= 15 is 0 Å². The van der Waals surface area contributed by atoms with E-state index in [1.165, 1.54) is 12.1 Å². The van der Waals surface area contributed by atoms with Crippen molar-refractivity contribution >= 4 is 5.91 Å². The van der Waals surface area contributed by atoms with Gasteiger partial charge in [0.05, 0.1) is 11.6 Å². The van der Waals surface area contributed by atoms with Gasteiger partial charge >= 0.3 is 0 Å². The molecule has 32 heavy (non-hydrogen) atoms. The van der Waals surface area contributed by atoms with Crippen LogP contribution in [0.25, 0.3) is 0 Å². The maximum Gasteiger partial charge on any atom is 0.254 e. The highest BCUT2D eigenvalue weighted by Crippen LogP contribution is 2.19. The molecule has 6 nitrogen and oxygen atoms in total. The van der Waals surface area contributed by atoms with Crippen LogP contribution in [0.5, 0.6) is 0 Å². The van der Waals surface area contributed by atoms with Crippen LogP contribution in [-0.2, 0) is 19.5 Å². The average Bonchev–Trinajstić information content (AvgIpc) is 3.04. The average molecular weight is 447 g/mol. The van der Waals surface area contributed by atoms with Gasteiger partial charge < -0.3 is 9.88 Å². The number of nitrogens with zero attached hydrogens (tertiary/aromatic N) is 4. The highest BCUT2D eigenvalue weighted by Gasteiger charge is 2.24. The molecule has 0 aliphatic carbocycles. The maximum atomic E-state index is 13.9. The number of rotatable bonds is 5. The van der Waals surface area contributed by atoms with E-state index in [1.54, 1.807) is 6.92 Å². The van der Waals surface area contributed by atoms with Gasteiger partial charge in [-0.25, -0.2) is 17.6 Å². The summed E-state index contributed by atoms with van der Waals surface area (Å²) in [6.07, 6.45) is 0.560. The van der Waals surface area contributed by atoms with Crippen LogP contribution < -0.4 is 5.32 Å². The SMILES string of the molecule is C[C@@H](NC(=O)c1cc(F)ccc1F)c1nnc2n1CCN(Cc1cc(F)cc(F)c1)CC2. The van der Waals surface area contributed by atoms with Crippen LogP contribution in [0.2, 0.25) is 0 Å². The number of hydrogen-bond donors (Lipinski definition) is 1. The summed E-state index contributed by atoms with van der Waals surface area (Å²) in [6.45, 7) is 3.77. The third-order valence-electron chi connectivity index (χ3n) is 5.38. The molecule has 3 aromatic rings. The molecule has 0 unspecified atom stereocenters. The fourth-order valence-electron chi connectivity index (χ4n) is 3.84. The number of hydrogen-bond acceptors (Lipinski definition) is 4. The van der Waals surface area contributed by atoms with E-state index in [9.17, 15) is 22.4 Å². The monoisotopic (exact) mass is 447 g/mol. The molecule has 4 rings (SSSR count). The highest BCUT2D eigenvalue weighted by molar-refractivity contribution is 5.94. The Morgan fingerprint density at radius 1 is 1.00 bits per heavy atom. The Labute approximate surface area is 181 Å². The number of amides is 1. The number of nitrogens with one attached hydrogen (secondary N) is 1. The Morgan fingerprint density at radius 2 is 1.75 bits per heavy atom. The van der Waals surface area contributed by atoms with Crippen molar-refractivity contribution in [1.29, 1.82) is 0 Å². The van der Waals surface area contributed by atoms with Gasteiger partial charge in [-0.05, 0) is 42.8 Å². The number of aromatic nitrogens is 3. The first-order valence-corrected chi connectivity index (χ1v) is 10.2. The molecule has 0 bridgehead atoms. The summed E-state index contributed by atoms with van der Waals surface area (Å²) in [6, 6.07) is 5.54. The van der Waals surface area contributed by atoms with Crippen LogP contribution in [0.1, 0.15) is 40.5 Å². The normalized spacial score (nSPS) is 15.2. The Bertz CT molecular complexity index is 1130. The van der Waals surface area contributed by atoms with Crippen molar-refractivity contribution in [1.82, 2.24) is 25.0 Å². The molecule has 168 valence electrons. The first-order chi connectivity index (χ1) is 15.3. The van der Waals surface area contributed by atoms with E-state index in [2.05, 4.69) is 20.4 Å². The van der Waals surface area contributed by atoms with Crippen LogP contribution in [0.3, 0.4) is 0 Å². The Kier molecular flexibility index (Phi) is 6.22. The molecule has 1 aliphatic rings. The van der Waals surface area contributed by atoms with Crippen LogP contribution >= 0.6 is 0 Å². The van der Waals surface area contributed by atoms with Crippen molar-refractivity contribution in [2.24, 2.45) is 0 Å². The third-order valence-corrected chi connectivity index (χ3v) is 5.38. The summed E-state index contributed by atoms with van der Waals surface area (Å²) in [7, 11) is 0. The standard InChI is InChI=1S/C22H21F4N5O/c1-13(27-22(32)18-11-15(23)2-3-19(18)26)21-29-28-20-4-5-30(6-7-31(20)21)12-14-8-16(24)10-17(25)9-14/h2-3,8-11,13H,4-7,12H2,1H3,(H,27,32)/t13-/m1/s1. The number of fused-ring (bicyclic) bond motifs is 1. The second-order valence-electron chi connectivity index (χ2n) is 7.75. The fourth-order valence-corrected chi connectivity index (χ4v) is 3.84. The van der Waals surface area contributed by atoms with Gasteiger partial charge in [-0.1, -0.05) is 0 Å². The molecule has 0 spiro atoms. The van der Waals surface area contributed by atoms with Crippen LogP contribution in [0.15, 0.2) is 36.4 Å². The highest BCUT2D eigenvalue weighted by atomic mass is 19.1. The summed E-state index contributed by atoms with van der Waals surface area (Å²) in [5.41, 5.74) is 0.152. The van der Waals surface area contributed by atoms with Crippen LogP contribution in [-0.4, -0.2) is 38.7 Å². The van der Waals surface area contributed by atoms with Gasteiger partial charge in [-0.3, -0.25) is 9.69 Å². The number of carbonyl (C=O) groups excluding carboxylic acids is 1. The molecule has 0 saturated heterocycles. The minimum absolute atomic E-state index is 0.382. The van der Waals surface area contributed by atoms with Crippen LogP contribution in [0, 0.1) is 23.3 Å². The summed E-state index contributed by atoms with van der Waals surface area (Å²) in [4.78, 5) is 14.5. The molecule has 10 heteroatoms. The van der Waals surface area contributed by atoms with Crippen molar-refractivity contribution in [2.45, 2.75) is 32.5 Å². The van der Waals surface area contributed by atoms with E-state index in [-0.39, 0.29) is 5.56 Å². The van der Waals surface area contributed by atoms with Crippen LogP contribution in [0.4, 0.5) is 17.6 Å². The van der Waals surface area contributed by atoms with Gasteiger partial charge in [0.2, 0.25) is 0 Å². The van der Waals surface area contributed by atoms with Gasteiger partial charge in [0, 0.05) is 38.7 Å². The molecule has 1 N–H and O–H groups in total. The Balaban J connectivity index is 1.44. The van der Waals surface area contributed by atoms with Crippen molar-refractivity contribution in [3.05, 3.63) is 82.4 Å². The molecule has 1 aromatic heterocycles. The lowest BCUT2D eigenvalue weighted by Crippen LogP contribution is -2.30. The predicted octanol–water partition coefficient (Wildman–Crippen LogP) is 3.38. The zero-order valence-corrected chi connectivity index (χ0v) is 17.3. The first-order valence-electron chi connectivity index (χ1n) is 10.2. The van der Waals surface area contributed by atoms with E-state index in [0.717, 1.165) is 24.3 Å². The van der Waals surface area contributed by atoms with E-state index < -0.39 is 35.2 Å². The molecule has 2 heterocycles. The van der Waals surface area contributed by atoms with Crippen molar-refractivity contribution in [2.75, 3.05) is 13.1 Å².